The van der Waals surface area contributed by atoms with E-state index in [1.54, 1.807) is 18.8 Å². The number of hydrogen-bond donors (Lipinski definition) is 2. The van der Waals surface area contributed by atoms with Crippen LogP contribution in [-0.2, 0) is 17.3 Å². The van der Waals surface area contributed by atoms with E-state index in [1.165, 1.54) is 6.92 Å². The number of carbonyl (C=O) groups is 2. The molecule has 0 aliphatic carbocycles. The van der Waals surface area contributed by atoms with Gasteiger partial charge in [-0.3, -0.25) is 10.00 Å². The normalized spacial score (nSPS) is 20.7. The number of fused-ring (bicyclic) bond motifs is 2. The third-order valence-electron chi connectivity index (χ3n) is 7.35. The Morgan fingerprint density at radius 3 is 2.62 bits per heavy atom. The lowest BCUT2D eigenvalue weighted by atomic mass is 9.75. The molecule has 1 spiro atoms. The average molecular weight is 461 g/mol. The topological polar surface area (TPSA) is 85.2 Å². The van der Waals surface area contributed by atoms with Gasteiger partial charge in [-0.25, -0.2) is 9.59 Å². The molecule has 5 rings (SSSR count). The zero-order chi connectivity index (χ0) is 23.9. The molecule has 3 aromatic rings. The molecule has 0 saturated carbocycles. The molecule has 2 aliphatic heterocycles. The van der Waals surface area contributed by atoms with Crippen LogP contribution in [0.2, 0.25) is 0 Å². The third kappa shape index (κ3) is 3.41. The minimum Gasteiger partial charge on any atom is -0.497 e. The molecule has 8 nitrogen and oxygen atoms in total. The first-order valence-electron chi connectivity index (χ1n) is 11.6. The fourth-order valence-corrected chi connectivity index (χ4v) is 5.53. The van der Waals surface area contributed by atoms with Gasteiger partial charge in [-0.05, 0) is 38.1 Å². The number of carbonyl (C=O) groups excluding carboxylic acids is 2. The third-order valence-corrected chi connectivity index (χ3v) is 7.35. The van der Waals surface area contributed by atoms with Crippen molar-refractivity contribution in [1.82, 2.24) is 19.6 Å². The molecule has 2 N–H and O–H groups in total. The van der Waals surface area contributed by atoms with Gasteiger partial charge in [0.05, 0.1) is 25.1 Å². The number of anilines is 1. The Bertz CT molecular complexity index is 1260. The number of aromatic nitrogens is 2. The highest BCUT2D eigenvalue weighted by Crippen LogP contribution is 2.50. The van der Waals surface area contributed by atoms with E-state index in [-0.39, 0.29) is 21.8 Å². The van der Waals surface area contributed by atoms with E-state index in [9.17, 15) is 9.59 Å². The molecule has 2 aliphatic rings. The SMILES string of the molecule is COc1cccc(-c2cc(NC(=O)[N+]3(C(C)=O)CC4(CCNCC4)c4ccccc43)n(C)n2)c1. The summed E-state index contributed by atoms with van der Waals surface area (Å²) in [6.07, 6.45) is 1.80. The van der Waals surface area contributed by atoms with Crippen molar-refractivity contribution in [3.8, 4) is 17.0 Å². The minimum atomic E-state index is -0.351. The average Bonchev–Trinajstić information content (AvgIpc) is 3.36. The number of hydrogen-bond acceptors (Lipinski definition) is 5. The Kier molecular flexibility index (Phi) is 5.50. The summed E-state index contributed by atoms with van der Waals surface area (Å²) >= 11 is 0. The van der Waals surface area contributed by atoms with Gasteiger partial charge in [-0.1, -0.05) is 30.3 Å². The molecular formula is C26H30N5O3+. The zero-order valence-corrected chi connectivity index (χ0v) is 19.8. The highest BCUT2D eigenvalue weighted by Gasteiger charge is 2.60. The Hall–Kier alpha value is -3.49. The molecule has 1 atom stereocenters. The lowest BCUT2D eigenvalue weighted by molar-refractivity contribution is -0.125. The molecular weight excluding hydrogens is 430 g/mol. The number of urea groups is 1. The number of nitrogens with one attached hydrogen (secondary N) is 2. The summed E-state index contributed by atoms with van der Waals surface area (Å²) in [5.74, 6) is 1.08. The van der Waals surface area contributed by atoms with Gasteiger partial charge >= 0.3 is 11.9 Å². The number of piperidine rings is 1. The molecule has 1 fully saturated rings. The Morgan fingerprint density at radius 2 is 1.88 bits per heavy atom. The van der Waals surface area contributed by atoms with Crippen LogP contribution in [0.1, 0.15) is 25.3 Å². The van der Waals surface area contributed by atoms with Gasteiger partial charge in [-0.15, -0.1) is 4.48 Å². The van der Waals surface area contributed by atoms with E-state index in [0.717, 1.165) is 48.5 Å². The summed E-state index contributed by atoms with van der Waals surface area (Å²) < 4.78 is 6.62. The van der Waals surface area contributed by atoms with Crippen molar-refractivity contribution in [3.05, 3.63) is 60.2 Å². The van der Waals surface area contributed by atoms with Crippen LogP contribution >= 0.6 is 0 Å². The number of amides is 3. The summed E-state index contributed by atoms with van der Waals surface area (Å²) in [6, 6.07) is 17.0. The smallest absolute Gasteiger partial charge is 0.434 e. The van der Waals surface area contributed by atoms with Gasteiger partial charge in [0.2, 0.25) is 0 Å². The molecule has 8 heteroatoms. The number of methoxy groups -OCH3 is 1. The predicted molar refractivity (Wildman–Crippen MR) is 132 cm³/mol. The maximum absolute atomic E-state index is 13.9. The zero-order valence-electron chi connectivity index (χ0n) is 19.8. The van der Waals surface area contributed by atoms with E-state index >= 15 is 0 Å². The van der Waals surface area contributed by atoms with Crippen molar-refractivity contribution in [2.45, 2.75) is 25.2 Å². The molecule has 3 amide bonds. The van der Waals surface area contributed by atoms with E-state index in [0.29, 0.717) is 18.1 Å². The van der Waals surface area contributed by atoms with Crippen LogP contribution in [0.4, 0.5) is 16.3 Å². The van der Waals surface area contributed by atoms with Gasteiger partial charge in [0.25, 0.3) is 0 Å². The van der Waals surface area contributed by atoms with Crippen LogP contribution in [0.5, 0.6) is 5.75 Å². The molecule has 0 radical (unpaired) electrons. The summed E-state index contributed by atoms with van der Waals surface area (Å²) in [5.41, 5.74) is 3.30. The monoisotopic (exact) mass is 460 g/mol. The van der Waals surface area contributed by atoms with E-state index in [4.69, 9.17) is 4.74 Å². The summed E-state index contributed by atoms with van der Waals surface area (Å²) in [5, 5.41) is 11.0. The maximum atomic E-state index is 13.9. The number of quaternary nitrogens is 1. The lowest BCUT2D eigenvalue weighted by Crippen LogP contribution is -2.61. The first-order valence-corrected chi connectivity index (χ1v) is 11.6. The highest BCUT2D eigenvalue weighted by atomic mass is 16.5. The van der Waals surface area contributed by atoms with Crippen LogP contribution < -0.4 is 19.9 Å². The van der Waals surface area contributed by atoms with Crippen LogP contribution in [0.3, 0.4) is 0 Å². The lowest BCUT2D eigenvalue weighted by Gasteiger charge is -2.35. The molecule has 1 aromatic heterocycles. The molecule has 176 valence electrons. The minimum absolute atomic E-state index is 0.185. The van der Waals surface area contributed by atoms with E-state index in [1.807, 2.05) is 48.5 Å². The second kappa shape index (κ2) is 8.38. The van der Waals surface area contributed by atoms with Crippen LogP contribution in [0.15, 0.2) is 54.6 Å². The van der Waals surface area contributed by atoms with Crippen LogP contribution in [0, 0.1) is 0 Å². The number of nitrogens with zero attached hydrogens (tertiary/aromatic N) is 3. The number of benzene rings is 2. The molecule has 0 bridgehead atoms. The number of rotatable bonds is 3. The quantitative estimate of drug-likeness (QED) is 0.581. The van der Waals surface area contributed by atoms with Crippen LogP contribution in [-0.4, -0.2) is 48.5 Å². The van der Waals surface area contributed by atoms with Gasteiger partial charge in [-0.2, -0.15) is 5.10 Å². The van der Waals surface area contributed by atoms with Gasteiger partial charge in [0.1, 0.15) is 18.1 Å². The molecule has 3 heterocycles. The number of aryl methyl sites for hydroxylation is 1. The maximum Gasteiger partial charge on any atom is 0.434 e. The van der Waals surface area contributed by atoms with Gasteiger partial charge < -0.3 is 10.1 Å². The highest BCUT2D eigenvalue weighted by molar-refractivity contribution is 6.13. The Morgan fingerprint density at radius 1 is 1.12 bits per heavy atom. The Labute approximate surface area is 199 Å². The number of imide groups is 1. The van der Waals surface area contributed by atoms with Gasteiger partial charge in [0, 0.05) is 30.3 Å². The number of ether oxygens (including phenoxy) is 1. The standard InChI is InChI=1S/C26H29N5O3/c1-18(32)31(17-26(11-13-27-14-12-26)21-9-4-5-10-23(21)31)25(33)28-24-16-22(29-30(24)2)19-7-6-8-20(15-19)34-3/h4-10,15-16,27H,11-14,17H2,1-3H3/p+1. The van der Waals surface area contributed by atoms with E-state index in [2.05, 4.69) is 21.8 Å². The summed E-state index contributed by atoms with van der Waals surface area (Å²) in [7, 11) is 3.40. The van der Waals surface area contributed by atoms with Crippen molar-refractivity contribution in [2.75, 3.05) is 32.1 Å². The van der Waals surface area contributed by atoms with E-state index < -0.39 is 0 Å². The molecule has 1 unspecified atom stereocenters. The molecule has 1 saturated heterocycles. The first-order chi connectivity index (χ1) is 16.4. The largest absolute Gasteiger partial charge is 0.497 e. The van der Waals surface area contributed by atoms with Crippen molar-refractivity contribution < 1.29 is 14.3 Å². The molecule has 2 aromatic carbocycles. The number of para-hydroxylation sites is 1. The summed E-state index contributed by atoms with van der Waals surface area (Å²) in [4.78, 5) is 27.2. The fraction of sp³-hybridized carbons (Fsp3) is 0.346. The van der Waals surface area contributed by atoms with Crippen molar-refractivity contribution in [1.29, 1.82) is 0 Å². The van der Waals surface area contributed by atoms with Crippen molar-refractivity contribution in [2.24, 2.45) is 7.05 Å². The van der Waals surface area contributed by atoms with Crippen molar-refractivity contribution >= 4 is 23.4 Å². The predicted octanol–water partition coefficient (Wildman–Crippen LogP) is 3.82. The fourth-order valence-electron chi connectivity index (χ4n) is 5.53. The Balaban J connectivity index is 1.51. The van der Waals surface area contributed by atoms with Crippen LogP contribution in [0.25, 0.3) is 11.3 Å². The van der Waals surface area contributed by atoms with Crippen molar-refractivity contribution in [3.63, 3.8) is 0 Å². The molecule has 34 heavy (non-hydrogen) atoms. The summed E-state index contributed by atoms with van der Waals surface area (Å²) in [6.45, 7) is 3.70. The second-order valence-corrected chi connectivity index (χ2v) is 9.23. The second-order valence-electron chi connectivity index (χ2n) is 9.23. The first kappa shape index (κ1) is 22.3. The van der Waals surface area contributed by atoms with Gasteiger partial charge in [0.15, 0.2) is 5.69 Å².